The van der Waals surface area contributed by atoms with Gasteiger partial charge in [-0.25, -0.2) is 0 Å². The summed E-state index contributed by atoms with van der Waals surface area (Å²) >= 11 is -0.416. The van der Waals surface area contributed by atoms with Crippen molar-refractivity contribution in [2.45, 2.75) is 9.79 Å². The maximum atomic E-state index is 9.17. The Balaban J connectivity index is 2.29. The van der Waals surface area contributed by atoms with Gasteiger partial charge in [-0.3, -0.25) is 0 Å². The van der Waals surface area contributed by atoms with E-state index in [1.165, 1.54) is 0 Å². The fourth-order valence-corrected chi connectivity index (χ4v) is 2.45. The molecule has 3 N–H and O–H groups in total. The van der Waals surface area contributed by atoms with Crippen molar-refractivity contribution in [1.29, 1.82) is 0 Å². The maximum Gasteiger partial charge on any atom is 0.181 e. The predicted octanol–water partition coefficient (Wildman–Crippen LogP) is 2.30. The number of phenols is 1. The molecule has 1 unspecified atom stereocenters. The van der Waals surface area contributed by atoms with Crippen LogP contribution in [0, 0.1) is 0 Å². The van der Waals surface area contributed by atoms with Gasteiger partial charge in [0.1, 0.15) is 16.8 Å². The van der Waals surface area contributed by atoms with E-state index >= 15 is 0 Å². The molecule has 0 amide bonds. The maximum absolute atomic E-state index is 9.17. The number of benzene rings is 2. The summed E-state index contributed by atoms with van der Waals surface area (Å²) in [6.45, 7) is 0. The molecule has 0 heterocycles. The van der Waals surface area contributed by atoms with Crippen LogP contribution in [-0.2, 0) is 11.1 Å². The first-order valence-electron chi connectivity index (χ1n) is 4.60. The Bertz CT molecular complexity index is 427. The van der Waals surface area contributed by atoms with Crippen LogP contribution in [0.3, 0.4) is 0 Å². The van der Waals surface area contributed by atoms with Gasteiger partial charge in [-0.15, -0.1) is 5.14 Å². The summed E-state index contributed by atoms with van der Waals surface area (Å²) in [5, 5.41) is 15.3. The molecule has 15 heavy (non-hydrogen) atoms. The van der Waals surface area contributed by atoms with E-state index in [9.17, 15) is 5.11 Å². The molecular formula is C12H12NOS+. The van der Waals surface area contributed by atoms with Crippen LogP contribution in [0.25, 0.3) is 0 Å². The number of hydrogen-bond acceptors (Lipinski definition) is 2. The van der Waals surface area contributed by atoms with Crippen LogP contribution in [0.5, 0.6) is 5.75 Å². The molecule has 0 bridgehead atoms. The Kier molecular flexibility index (Phi) is 2.94. The topological polar surface area (TPSA) is 46.2 Å². The van der Waals surface area contributed by atoms with Crippen molar-refractivity contribution in [2.24, 2.45) is 5.14 Å². The molecule has 3 heteroatoms. The Morgan fingerprint density at radius 2 is 1.33 bits per heavy atom. The summed E-state index contributed by atoms with van der Waals surface area (Å²) in [5.41, 5.74) is 0. The largest absolute Gasteiger partial charge is 0.508 e. The van der Waals surface area contributed by atoms with Crippen molar-refractivity contribution in [3.8, 4) is 5.75 Å². The second-order valence-corrected chi connectivity index (χ2v) is 4.76. The normalized spacial score (nSPS) is 12.3. The zero-order valence-electron chi connectivity index (χ0n) is 8.13. The van der Waals surface area contributed by atoms with Crippen LogP contribution in [-0.4, -0.2) is 5.11 Å². The number of rotatable bonds is 2. The van der Waals surface area contributed by atoms with Crippen molar-refractivity contribution in [2.75, 3.05) is 0 Å². The third kappa shape index (κ3) is 2.32. The first kappa shape index (κ1) is 10.1. The highest BCUT2D eigenvalue weighted by Gasteiger charge is 2.19. The van der Waals surface area contributed by atoms with E-state index in [0.29, 0.717) is 0 Å². The zero-order valence-corrected chi connectivity index (χ0v) is 8.95. The first-order valence-corrected chi connectivity index (χ1v) is 5.89. The lowest BCUT2D eigenvalue weighted by Gasteiger charge is -2.00. The van der Waals surface area contributed by atoms with Crippen molar-refractivity contribution in [3.63, 3.8) is 0 Å². The van der Waals surface area contributed by atoms with Gasteiger partial charge >= 0.3 is 0 Å². The van der Waals surface area contributed by atoms with Gasteiger partial charge < -0.3 is 5.11 Å². The second kappa shape index (κ2) is 4.38. The fraction of sp³-hybridized carbons (Fsp3) is 0. The van der Waals surface area contributed by atoms with Gasteiger partial charge in [0, 0.05) is 0 Å². The molecule has 0 aliphatic carbocycles. The molecule has 2 rings (SSSR count). The highest BCUT2D eigenvalue weighted by Crippen LogP contribution is 2.20. The van der Waals surface area contributed by atoms with Crippen LogP contribution in [0.1, 0.15) is 0 Å². The van der Waals surface area contributed by atoms with E-state index in [2.05, 4.69) is 0 Å². The number of hydrogen-bond donors (Lipinski definition) is 2. The van der Waals surface area contributed by atoms with E-state index in [0.717, 1.165) is 9.79 Å². The summed E-state index contributed by atoms with van der Waals surface area (Å²) in [5.74, 6) is 0.267. The highest BCUT2D eigenvalue weighted by atomic mass is 32.2. The Hall–Kier alpha value is -1.45. The average Bonchev–Trinajstić information content (AvgIpc) is 2.30. The summed E-state index contributed by atoms with van der Waals surface area (Å²) < 4.78 is 0. The number of nitrogens with two attached hydrogens (primary N) is 1. The molecule has 0 saturated heterocycles. The van der Waals surface area contributed by atoms with E-state index < -0.39 is 11.1 Å². The van der Waals surface area contributed by atoms with Crippen molar-refractivity contribution >= 4 is 11.1 Å². The molecule has 1 atom stereocenters. The van der Waals surface area contributed by atoms with Gasteiger partial charge in [-0.1, -0.05) is 18.2 Å². The molecular weight excluding hydrogens is 206 g/mol. The summed E-state index contributed by atoms with van der Waals surface area (Å²) in [6.07, 6.45) is 0. The van der Waals surface area contributed by atoms with Gasteiger partial charge in [0.25, 0.3) is 0 Å². The third-order valence-corrected chi connectivity index (χ3v) is 3.65. The minimum Gasteiger partial charge on any atom is -0.508 e. The van der Waals surface area contributed by atoms with Crippen molar-refractivity contribution in [3.05, 3.63) is 54.6 Å². The van der Waals surface area contributed by atoms with E-state index in [1.54, 1.807) is 12.1 Å². The van der Waals surface area contributed by atoms with Gasteiger partial charge in [0.05, 0.1) is 0 Å². The van der Waals surface area contributed by atoms with Crippen LogP contribution in [0.4, 0.5) is 0 Å². The molecule has 0 aromatic heterocycles. The molecule has 2 nitrogen and oxygen atoms in total. The molecule has 0 aliphatic heterocycles. The van der Waals surface area contributed by atoms with Crippen LogP contribution >= 0.6 is 0 Å². The second-order valence-electron chi connectivity index (χ2n) is 3.14. The van der Waals surface area contributed by atoms with E-state index in [4.69, 9.17) is 5.14 Å². The highest BCUT2D eigenvalue weighted by molar-refractivity contribution is 7.94. The molecule has 0 saturated carbocycles. The summed E-state index contributed by atoms with van der Waals surface area (Å²) in [6, 6.07) is 17.0. The lowest BCUT2D eigenvalue weighted by molar-refractivity contribution is 0.475. The smallest absolute Gasteiger partial charge is 0.181 e. The molecule has 0 spiro atoms. The molecule has 0 aliphatic rings. The number of phenolic OH excluding ortho intramolecular Hbond substituents is 1. The average molecular weight is 218 g/mol. The predicted molar refractivity (Wildman–Crippen MR) is 62.6 cm³/mol. The molecule has 2 aromatic carbocycles. The van der Waals surface area contributed by atoms with Gasteiger partial charge in [0.2, 0.25) is 0 Å². The van der Waals surface area contributed by atoms with E-state index in [1.807, 2.05) is 42.5 Å². The van der Waals surface area contributed by atoms with Crippen molar-refractivity contribution < 1.29 is 5.11 Å². The Morgan fingerprint density at radius 3 is 1.93 bits per heavy atom. The Labute approximate surface area is 91.8 Å². The third-order valence-electron chi connectivity index (χ3n) is 2.09. The lowest BCUT2D eigenvalue weighted by atomic mass is 10.3. The first-order chi connectivity index (χ1) is 7.27. The van der Waals surface area contributed by atoms with Crippen LogP contribution < -0.4 is 5.14 Å². The van der Waals surface area contributed by atoms with Gasteiger partial charge in [-0.2, -0.15) is 0 Å². The summed E-state index contributed by atoms with van der Waals surface area (Å²) in [7, 11) is 0. The lowest BCUT2D eigenvalue weighted by Crippen LogP contribution is -2.13. The zero-order chi connectivity index (χ0) is 10.7. The molecule has 2 aromatic rings. The Morgan fingerprint density at radius 1 is 0.800 bits per heavy atom. The fourth-order valence-electron chi connectivity index (χ4n) is 1.30. The van der Waals surface area contributed by atoms with Crippen LogP contribution in [0.15, 0.2) is 64.4 Å². The van der Waals surface area contributed by atoms with Crippen LogP contribution in [0.2, 0.25) is 0 Å². The van der Waals surface area contributed by atoms with Gasteiger partial charge in [0.15, 0.2) is 9.79 Å². The minimum absolute atomic E-state index is 0.267. The number of aromatic hydroxyl groups is 1. The van der Waals surface area contributed by atoms with Crippen molar-refractivity contribution in [1.82, 2.24) is 0 Å². The summed E-state index contributed by atoms with van der Waals surface area (Å²) in [4.78, 5) is 2.13. The molecule has 76 valence electrons. The minimum atomic E-state index is -0.416. The SMILES string of the molecule is N[S+](c1ccccc1)c1ccc(O)cc1. The van der Waals surface area contributed by atoms with Gasteiger partial charge in [-0.05, 0) is 36.4 Å². The standard InChI is InChI=1S/C12H11NOS/c13-15(11-4-2-1-3-5-11)12-8-6-10(14)7-9-12/h1-9H,13H2/p+1. The quantitative estimate of drug-likeness (QED) is 0.760. The van der Waals surface area contributed by atoms with E-state index in [-0.39, 0.29) is 5.75 Å². The molecule has 0 fully saturated rings. The molecule has 0 radical (unpaired) electrons. The monoisotopic (exact) mass is 218 g/mol.